The molecule has 140 valence electrons. The number of aromatic nitrogens is 2. The second-order valence-electron chi connectivity index (χ2n) is 7.31. The first-order valence-electron chi connectivity index (χ1n) is 9.73. The van der Waals surface area contributed by atoms with Crippen LogP contribution in [0.4, 0.5) is 5.95 Å². The first-order chi connectivity index (χ1) is 13.3. The molecule has 2 aliphatic rings. The molecule has 2 aromatic heterocycles. The number of para-hydroxylation sites is 1. The lowest BCUT2D eigenvalue weighted by Crippen LogP contribution is -2.44. The number of ether oxygens (including phenoxy) is 1. The Morgan fingerprint density at radius 1 is 1.15 bits per heavy atom. The first kappa shape index (κ1) is 16.7. The zero-order valence-electron chi connectivity index (χ0n) is 15.6. The summed E-state index contributed by atoms with van der Waals surface area (Å²) in [6.45, 7) is 6.29. The molecule has 0 aliphatic carbocycles. The van der Waals surface area contributed by atoms with E-state index in [0.717, 1.165) is 66.5 Å². The summed E-state index contributed by atoms with van der Waals surface area (Å²) < 4.78 is 11.8. The highest BCUT2D eigenvalue weighted by Gasteiger charge is 2.26. The zero-order chi connectivity index (χ0) is 18.2. The summed E-state index contributed by atoms with van der Waals surface area (Å²) in [7, 11) is 0. The van der Waals surface area contributed by atoms with E-state index >= 15 is 0 Å². The molecule has 1 N–H and O–H groups in total. The molecule has 5 rings (SSSR count). The normalized spacial score (nSPS) is 20.5. The predicted octanol–water partition coefficient (Wildman–Crippen LogP) is 2.80. The highest BCUT2D eigenvalue weighted by Crippen LogP contribution is 2.32. The number of anilines is 1. The van der Waals surface area contributed by atoms with Crippen molar-refractivity contribution in [2.45, 2.75) is 25.8 Å². The monoisotopic (exact) mass is 364 g/mol. The van der Waals surface area contributed by atoms with Crippen molar-refractivity contribution in [1.29, 1.82) is 0 Å². The van der Waals surface area contributed by atoms with Gasteiger partial charge in [0.05, 0.1) is 24.9 Å². The number of nitrogens with zero attached hydrogens (tertiary/aromatic N) is 3. The Labute approximate surface area is 158 Å². The van der Waals surface area contributed by atoms with E-state index in [1.54, 1.807) is 0 Å². The van der Waals surface area contributed by atoms with Crippen LogP contribution in [-0.2, 0) is 17.6 Å². The second-order valence-corrected chi connectivity index (χ2v) is 7.31. The van der Waals surface area contributed by atoms with Crippen molar-refractivity contribution in [2.24, 2.45) is 0 Å². The molecule has 1 unspecified atom stereocenters. The van der Waals surface area contributed by atoms with Crippen molar-refractivity contribution in [3.05, 3.63) is 41.6 Å². The molecule has 1 aromatic carbocycles. The number of fused-ring (bicyclic) bond motifs is 2. The number of benzene rings is 1. The van der Waals surface area contributed by atoms with Gasteiger partial charge in [-0.15, -0.1) is 0 Å². The van der Waals surface area contributed by atoms with E-state index in [4.69, 9.17) is 19.1 Å². The minimum Gasteiger partial charge on any atom is -0.454 e. The van der Waals surface area contributed by atoms with Crippen LogP contribution in [0.3, 0.4) is 0 Å². The third-order valence-electron chi connectivity index (χ3n) is 5.45. The Bertz CT molecular complexity index is 935. The molecule has 1 fully saturated rings. The molecule has 3 aromatic rings. The minimum absolute atomic E-state index is 0.268. The molecule has 0 saturated carbocycles. The van der Waals surface area contributed by atoms with Crippen LogP contribution >= 0.6 is 0 Å². The van der Waals surface area contributed by atoms with Gasteiger partial charge in [0, 0.05) is 30.5 Å². The quantitative estimate of drug-likeness (QED) is 0.754. The summed E-state index contributed by atoms with van der Waals surface area (Å²) in [5.74, 6) is 1.63. The van der Waals surface area contributed by atoms with Crippen molar-refractivity contribution >= 4 is 16.9 Å². The van der Waals surface area contributed by atoms with Gasteiger partial charge in [-0.3, -0.25) is 0 Å². The molecular formula is C21H24N4O2. The lowest BCUT2D eigenvalue weighted by Gasteiger charge is -2.33. The van der Waals surface area contributed by atoms with E-state index < -0.39 is 0 Å². The minimum atomic E-state index is 0.268. The van der Waals surface area contributed by atoms with Gasteiger partial charge in [0.15, 0.2) is 5.76 Å². The largest absolute Gasteiger partial charge is 0.454 e. The topological polar surface area (TPSA) is 63.4 Å². The summed E-state index contributed by atoms with van der Waals surface area (Å²) in [6, 6.07) is 10.5. The molecule has 0 radical (unpaired) electrons. The summed E-state index contributed by atoms with van der Waals surface area (Å²) >= 11 is 0. The highest BCUT2D eigenvalue weighted by atomic mass is 16.5. The van der Waals surface area contributed by atoms with E-state index in [0.29, 0.717) is 13.2 Å². The fraction of sp³-hybridized carbons (Fsp3) is 0.429. The maximum absolute atomic E-state index is 6.18. The van der Waals surface area contributed by atoms with Gasteiger partial charge < -0.3 is 19.4 Å². The average Bonchev–Trinajstić information content (AvgIpc) is 2.98. The lowest BCUT2D eigenvalue weighted by atomic mass is 10.0. The zero-order valence-corrected chi connectivity index (χ0v) is 15.6. The van der Waals surface area contributed by atoms with Crippen LogP contribution in [0.25, 0.3) is 22.4 Å². The van der Waals surface area contributed by atoms with Crippen LogP contribution in [0, 0.1) is 0 Å². The summed E-state index contributed by atoms with van der Waals surface area (Å²) in [4.78, 5) is 12.2. The van der Waals surface area contributed by atoms with Crippen LogP contribution < -0.4 is 10.2 Å². The Morgan fingerprint density at radius 3 is 2.93 bits per heavy atom. The van der Waals surface area contributed by atoms with Gasteiger partial charge in [0.1, 0.15) is 11.3 Å². The fourth-order valence-electron chi connectivity index (χ4n) is 3.99. The molecule has 6 nitrogen and oxygen atoms in total. The molecule has 1 atom stereocenters. The number of rotatable bonds is 2. The standard InChI is InChI=1S/C21H24N4O2/c1-14-13-26-11-10-25(14)21-23-17-7-9-22-8-6-16(17)20(24-21)19-12-15-4-2-3-5-18(15)27-19/h2-5,12,14,22H,6-11,13H2,1H3. The van der Waals surface area contributed by atoms with Crippen LogP contribution in [0.1, 0.15) is 18.2 Å². The van der Waals surface area contributed by atoms with Crippen molar-refractivity contribution < 1.29 is 9.15 Å². The molecule has 6 heteroatoms. The van der Waals surface area contributed by atoms with Crippen molar-refractivity contribution in [3.63, 3.8) is 0 Å². The fourth-order valence-corrected chi connectivity index (χ4v) is 3.99. The van der Waals surface area contributed by atoms with Crippen LogP contribution in [0.15, 0.2) is 34.7 Å². The summed E-state index contributed by atoms with van der Waals surface area (Å²) in [5, 5.41) is 4.58. The van der Waals surface area contributed by atoms with Crippen LogP contribution in [-0.4, -0.2) is 48.9 Å². The van der Waals surface area contributed by atoms with Crippen molar-refractivity contribution in [2.75, 3.05) is 37.7 Å². The molecule has 0 amide bonds. The molecule has 27 heavy (non-hydrogen) atoms. The van der Waals surface area contributed by atoms with Gasteiger partial charge >= 0.3 is 0 Å². The van der Waals surface area contributed by atoms with E-state index in [1.807, 2.05) is 18.2 Å². The maximum Gasteiger partial charge on any atom is 0.226 e. The number of hydrogen-bond donors (Lipinski definition) is 1. The SMILES string of the molecule is CC1COCCN1c1nc2c(c(-c3cc4ccccc4o3)n1)CCNCC2. The van der Waals surface area contributed by atoms with Gasteiger partial charge in [-0.05, 0) is 32.0 Å². The van der Waals surface area contributed by atoms with Crippen molar-refractivity contribution in [1.82, 2.24) is 15.3 Å². The number of morpholine rings is 1. The van der Waals surface area contributed by atoms with Gasteiger partial charge in [-0.25, -0.2) is 9.97 Å². The summed E-state index contributed by atoms with van der Waals surface area (Å²) in [5.41, 5.74) is 4.18. The molecule has 4 heterocycles. The van der Waals surface area contributed by atoms with E-state index in [-0.39, 0.29) is 6.04 Å². The molecule has 1 saturated heterocycles. The smallest absolute Gasteiger partial charge is 0.226 e. The van der Waals surface area contributed by atoms with Gasteiger partial charge in [0.25, 0.3) is 0 Å². The average molecular weight is 364 g/mol. The van der Waals surface area contributed by atoms with E-state index in [1.165, 1.54) is 5.56 Å². The number of hydrogen-bond acceptors (Lipinski definition) is 6. The third-order valence-corrected chi connectivity index (χ3v) is 5.45. The predicted molar refractivity (Wildman–Crippen MR) is 105 cm³/mol. The molecule has 0 spiro atoms. The van der Waals surface area contributed by atoms with Crippen LogP contribution in [0.5, 0.6) is 0 Å². The number of nitrogens with one attached hydrogen (secondary N) is 1. The summed E-state index contributed by atoms with van der Waals surface area (Å²) in [6.07, 6.45) is 1.83. The number of furan rings is 1. The molecule has 2 aliphatic heterocycles. The molecular weight excluding hydrogens is 340 g/mol. The van der Waals surface area contributed by atoms with Crippen molar-refractivity contribution in [3.8, 4) is 11.5 Å². The van der Waals surface area contributed by atoms with E-state index in [2.05, 4.69) is 29.3 Å². The third kappa shape index (κ3) is 3.09. The first-order valence-corrected chi connectivity index (χ1v) is 9.73. The Kier molecular flexibility index (Phi) is 4.30. The Morgan fingerprint density at radius 2 is 2.04 bits per heavy atom. The molecule has 0 bridgehead atoms. The van der Waals surface area contributed by atoms with Crippen LogP contribution in [0.2, 0.25) is 0 Å². The Balaban J connectivity index is 1.66. The highest BCUT2D eigenvalue weighted by molar-refractivity contribution is 5.82. The van der Waals surface area contributed by atoms with Gasteiger partial charge in [-0.2, -0.15) is 0 Å². The second kappa shape index (κ2) is 6.94. The maximum atomic E-state index is 6.18. The van der Waals surface area contributed by atoms with Gasteiger partial charge in [0.2, 0.25) is 5.95 Å². The van der Waals surface area contributed by atoms with Gasteiger partial charge in [-0.1, -0.05) is 18.2 Å². The Hall–Kier alpha value is -2.44. The van der Waals surface area contributed by atoms with E-state index in [9.17, 15) is 0 Å². The lowest BCUT2D eigenvalue weighted by molar-refractivity contribution is 0.0980.